The van der Waals surface area contributed by atoms with Crippen LogP contribution in [-0.2, 0) is 0 Å². The molecule has 1 saturated heterocycles. The van der Waals surface area contributed by atoms with Gasteiger partial charge in [0.2, 0.25) is 5.65 Å². The van der Waals surface area contributed by atoms with Crippen molar-refractivity contribution in [3.63, 3.8) is 0 Å². The Hall–Kier alpha value is -4.02. The van der Waals surface area contributed by atoms with Crippen molar-refractivity contribution in [2.24, 2.45) is 0 Å². The van der Waals surface area contributed by atoms with E-state index in [1.54, 1.807) is 23.4 Å². The van der Waals surface area contributed by atoms with Crippen molar-refractivity contribution < 1.29 is 9.53 Å². The van der Waals surface area contributed by atoms with Crippen LogP contribution in [-0.4, -0.2) is 64.1 Å². The van der Waals surface area contributed by atoms with Crippen LogP contribution in [0, 0.1) is 0 Å². The predicted octanol–water partition coefficient (Wildman–Crippen LogP) is 1.07. The molecule has 4 aromatic rings. The molecule has 1 aliphatic heterocycles. The van der Waals surface area contributed by atoms with E-state index in [4.69, 9.17) is 4.74 Å². The van der Waals surface area contributed by atoms with Gasteiger partial charge in [-0.3, -0.25) is 4.79 Å². The van der Waals surface area contributed by atoms with Gasteiger partial charge in [-0.05, 0) is 31.9 Å². The number of amides is 1. The normalized spacial score (nSPS) is 18.9. The lowest BCUT2D eigenvalue weighted by atomic mass is 9.99. The van der Waals surface area contributed by atoms with Crippen molar-refractivity contribution in [2.75, 3.05) is 6.54 Å². The van der Waals surface area contributed by atoms with Crippen LogP contribution < -0.4 is 10.4 Å². The monoisotopic (exact) mass is 420 g/mol. The lowest BCUT2D eigenvalue weighted by Gasteiger charge is -2.38. The molecular weight excluding hydrogens is 400 g/mol. The molecule has 0 saturated carbocycles. The number of rotatable bonds is 4. The Balaban J connectivity index is 1.40. The zero-order valence-corrected chi connectivity index (χ0v) is 16.8. The van der Waals surface area contributed by atoms with Gasteiger partial charge in [0, 0.05) is 18.4 Å². The Kier molecular flexibility index (Phi) is 4.69. The molecule has 3 aromatic heterocycles. The second kappa shape index (κ2) is 7.67. The molecule has 11 heteroatoms. The fourth-order valence-corrected chi connectivity index (χ4v) is 3.84. The number of fused-ring (bicyclic) bond motifs is 1. The minimum Gasteiger partial charge on any atom is -0.470 e. The van der Waals surface area contributed by atoms with Gasteiger partial charge in [-0.2, -0.15) is 15.0 Å². The fraction of sp³-hybridized carbons (Fsp3) is 0.300. The number of benzene rings is 1. The molecule has 5 rings (SSSR count). The Labute approximate surface area is 176 Å². The van der Waals surface area contributed by atoms with E-state index < -0.39 is 0 Å². The molecule has 11 nitrogen and oxygen atoms in total. The highest BCUT2D eigenvalue weighted by Gasteiger charge is 2.32. The van der Waals surface area contributed by atoms with Crippen LogP contribution >= 0.6 is 0 Å². The number of carbonyl (C=O) groups excluding carboxylic acids is 1. The van der Waals surface area contributed by atoms with Crippen molar-refractivity contribution >= 4 is 11.6 Å². The lowest BCUT2D eigenvalue weighted by molar-refractivity contribution is 0.0375. The van der Waals surface area contributed by atoms with Crippen molar-refractivity contribution in [2.45, 2.75) is 31.9 Å². The summed E-state index contributed by atoms with van der Waals surface area (Å²) in [5.41, 5.74) is 1.10. The summed E-state index contributed by atoms with van der Waals surface area (Å²) in [5, 5.41) is 14.7. The molecule has 1 aromatic carbocycles. The standard InChI is InChI=1S/C20H20N8O3/c1-13-6-7-14(31-18-17-24-25-20(30)26(17)11-10-21-18)12-27(13)19(29)15-4-2-3-5-16(15)28-22-8-9-23-28/h2-5,8-11,13-14H,6-7,12H2,1H3,(H,25,30)/t13-,14-/m1/s1. The van der Waals surface area contributed by atoms with Crippen LogP contribution in [0.25, 0.3) is 11.3 Å². The first kappa shape index (κ1) is 19.0. The van der Waals surface area contributed by atoms with Gasteiger partial charge in [-0.25, -0.2) is 19.3 Å². The van der Waals surface area contributed by atoms with E-state index in [2.05, 4.69) is 25.4 Å². The van der Waals surface area contributed by atoms with Gasteiger partial charge in [-0.1, -0.05) is 12.1 Å². The summed E-state index contributed by atoms with van der Waals surface area (Å²) in [4.78, 5) is 32.7. The van der Waals surface area contributed by atoms with Crippen LogP contribution in [0.15, 0.2) is 53.8 Å². The highest BCUT2D eigenvalue weighted by atomic mass is 16.5. The number of piperidine rings is 1. The summed E-state index contributed by atoms with van der Waals surface area (Å²) in [6.07, 6.45) is 7.40. The van der Waals surface area contributed by atoms with Gasteiger partial charge < -0.3 is 9.64 Å². The molecule has 4 heterocycles. The summed E-state index contributed by atoms with van der Waals surface area (Å²) in [5.74, 6) is 0.143. The average Bonchev–Trinajstić information content (AvgIpc) is 3.46. The lowest BCUT2D eigenvalue weighted by Crippen LogP contribution is -2.49. The zero-order chi connectivity index (χ0) is 21.4. The number of H-pyrrole nitrogens is 1. The minimum atomic E-state index is -0.361. The number of para-hydroxylation sites is 1. The summed E-state index contributed by atoms with van der Waals surface area (Å²) in [6.45, 7) is 2.41. The third-order valence-electron chi connectivity index (χ3n) is 5.45. The first-order valence-electron chi connectivity index (χ1n) is 9.97. The van der Waals surface area contributed by atoms with Gasteiger partial charge in [0.25, 0.3) is 11.8 Å². The van der Waals surface area contributed by atoms with Crippen LogP contribution in [0.5, 0.6) is 5.88 Å². The third kappa shape index (κ3) is 3.43. The van der Waals surface area contributed by atoms with Crippen LogP contribution in [0.3, 0.4) is 0 Å². The molecule has 2 atom stereocenters. The highest BCUT2D eigenvalue weighted by Crippen LogP contribution is 2.25. The summed E-state index contributed by atoms with van der Waals surface area (Å²) < 4.78 is 7.41. The van der Waals surface area contributed by atoms with Gasteiger partial charge >= 0.3 is 5.69 Å². The van der Waals surface area contributed by atoms with Crippen molar-refractivity contribution in [3.8, 4) is 11.6 Å². The molecular formula is C20H20N8O3. The second-order valence-electron chi connectivity index (χ2n) is 7.41. The Morgan fingerprint density at radius 3 is 2.81 bits per heavy atom. The largest absolute Gasteiger partial charge is 0.470 e. The number of aromatic nitrogens is 7. The summed E-state index contributed by atoms with van der Waals surface area (Å²) >= 11 is 0. The number of hydrogen-bond donors (Lipinski definition) is 1. The zero-order valence-electron chi connectivity index (χ0n) is 16.8. The van der Waals surface area contributed by atoms with Crippen LogP contribution in [0.4, 0.5) is 0 Å². The Morgan fingerprint density at radius 1 is 1.16 bits per heavy atom. The number of carbonyl (C=O) groups is 1. The topological polar surface area (TPSA) is 123 Å². The van der Waals surface area contributed by atoms with E-state index in [-0.39, 0.29) is 29.6 Å². The molecule has 0 bridgehead atoms. The van der Waals surface area contributed by atoms with E-state index in [0.717, 1.165) is 12.8 Å². The van der Waals surface area contributed by atoms with Crippen LogP contribution in [0.1, 0.15) is 30.1 Å². The number of nitrogens with zero attached hydrogens (tertiary/aromatic N) is 7. The summed E-state index contributed by atoms with van der Waals surface area (Å²) in [7, 11) is 0. The molecule has 1 fully saturated rings. The quantitative estimate of drug-likeness (QED) is 0.524. The maximum atomic E-state index is 13.5. The molecule has 31 heavy (non-hydrogen) atoms. The van der Waals surface area contributed by atoms with E-state index in [0.29, 0.717) is 23.4 Å². The fourth-order valence-electron chi connectivity index (χ4n) is 3.84. The number of aromatic amines is 1. The minimum absolute atomic E-state index is 0.0442. The SMILES string of the molecule is C[C@@H]1CC[C@@H](Oc2nccn3c(=O)[nH]nc23)CN1C(=O)c1ccccc1-n1nccn1. The molecule has 1 aliphatic rings. The Bertz CT molecular complexity index is 1280. The first-order chi connectivity index (χ1) is 15.1. The molecule has 0 aliphatic carbocycles. The maximum absolute atomic E-state index is 13.5. The molecule has 1 N–H and O–H groups in total. The molecule has 1 amide bonds. The predicted molar refractivity (Wildman–Crippen MR) is 109 cm³/mol. The van der Waals surface area contributed by atoms with Gasteiger partial charge in [0.1, 0.15) is 6.10 Å². The number of likely N-dealkylation sites (tertiary alicyclic amines) is 1. The number of hydrogen-bond acceptors (Lipinski definition) is 7. The van der Waals surface area contributed by atoms with Crippen LogP contribution in [0.2, 0.25) is 0 Å². The molecule has 0 spiro atoms. The van der Waals surface area contributed by atoms with E-state index in [1.807, 2.05) is 25.1 Å². The van der Waals surface area contributed by atoms with Crippen molar-refractivity contribution in [1.82, 2.24) is 39.5 Å². The molecule has 0 radical (unpaired) electrons. The molecule has 158 valence electrons. The molecule has 0 unspecified atom stereocenters. The second-order valence-corrected chi connectivity index (χ2v) is 7.41. The average molecular weight is 420 g/mol. The highest BCUT2D eigenvalue weighted by molar-refractivity contribution is 5.98. The maximum Gasteiger partial charge on any atom is 0.347 e. The Morgan fingerprint density at radius 2 is 1.97 bits per heavy atom. The summed E-state index contributed by atoms with van der Waals surface area (Å²) in [6, 6.07) is 7.30. The number of ether oxygens (including phenoxy) is 1. The first-order valence-corrected chi connectivity index (χ1v) is 9.97. The number of nitrogens with one attached hydrogen (secondary N) is 1. The smallest absolute Gasteiger partial charge is 0.347 e. The third-order valence-corrected chi connectivity index (χ3v) is 5.45. The van der Waals surface area contributed by atoms with Gasteiger partial charge in [-0.15, -0.1) is 5.10 Å². The van der Waals surface area contributed by atoms with Crippen molar-refractivity contribution in [3.05, 3.63) is 65.1 Å². The van der Waals surface area contributed by atoms with E-state index >= 15 is 0 Å². The van der Waals surface area contributed by atoms with Gasteiger partial charge in [0.05, 0.1) is 30.2 Å². The van der Waals surface area contributed by atoms with E-state index in [9.17, 15) is 9.59 Å². The van der Waals surface area contributed by atoms with E-state index in [1.165, 1.54) is 21.6 Å². The van der Waals surface area contributed by atoms with Gasteiger partial charge in [0.15, 0.2) is 0 Å². The van der Waals surface area contributed by atoms with Crippen molar-refractivity contribution in [1.29, 1.82) is 0 Å².